The molecule has 0 amide bonds. The number of hydrogen-bond acceptors (Lipinski definition) is 2. The number of halogens is 1. The van der Waals surface area contributed by atoms with Crippen LogP contribution in [0.15, 0.2) is 12.3 Å². The number of pyridine rings is 1. The molecule has 2 rings (SSSR count). The summed E-state index contributed by atoms with van der Waals surface area (Å²) in [7, 11) is 1.92. The van der Waals surface area contributed by atoms with E-state index in [2.05, 4.69) is 9.97 Å². The Balaban J connectivity index is 2.95. The fraction of sp³-hybridized carbons (Fsp3) is 0.250. The molecule has 0 aliphatic rings. The van der Waals surface area contributed by atoms with Crippen molar-refractivity contribution in [3.8, 4) is 0 Å². The first-order valence-corrected chi connectivity index (χ1v) is 4.01. The minimum absolute atomic E-state index is 0.656. The van der Waals surface area contributed by atoms with Crippen molar-refractivity contribution >= 4 is 22.8 Å². The van der Waals surface area contributed by atoms with Crippen molar-refractivity contribution in [3.05, 3.63) is 23.1 Å². The molecule has 62 valence electrons. The predicted octanol–water partition coefficient (Wildman–Crippen LogP) is 1.93. The Morgan fingerprint density at radius 2 is 2.25 bits per heavy atom. The van der Waals surface area contributed by atoms with Gasteiger partial charge in [0.25, 0.3) is 0 Å². The lowest BCUT2D eigenvalue weighted by atomic mass is 10.4. The molecule has 2 heterocycles. The van der Waals surface area contributed by atoms with E-state index in [1.54, 1.807) is 12.3 Å². The van der Waals surface area contributed by atoms with Gasteiger partial charge in [0.05, 0.1) is 5.02 Å². The van der Waals surface area contributed by atoms with Gasteiger partial charge in [-0.15, -0.1) is 0 Å². The summed E-state index contributed by atoms with van der Waals surface area (Å²) in [4.78, 5) is 8.46. The standard InChI is InChI=1S/C8H8ClN3/c1-5-11-7-6(9)3-4-10-8(7)12(5)2/h3-4H,1-2H3. The molecule has 0 saturated carbocycles. The number of fused-ring (bicyclic) bond motifs is 1. The van der Waals surface area contributed by atoms with Gasteiger partial charge >= 0.3 is 0 Å². The van der Waals surface area contributed by atoms with Gasteiger partial charge in [0.2, 0.25) is 0 Å². The van der Waals surface area contributed by atoms with Crippen molar-refractivity contribution in [3.63, 3.8) is 0 Å². The van der Waals surface area contributed by atoms with Crippen molar-refractivity contribution in [1.29, 1.82) is 0 Å². The van der Waals surface area contributed by atoms with Crippen LogP contribution in [0.5, 0.6) is 0 Å². The van der Waals surface area contributed by atoms with Crippen LogP contribution in [0.1, 0.15) is 5.82 Å². The summed E-state index contributed by atoms with van der Waals surface area (Å²) >= 11 is 5.93. The van der Waals surface area contributed by atoms with E-state index >= 15 is 0 Å². The smallest absolute Gasteiger partial charge is 0.161 e. The Morgan fingerprint density at radius 3 is 2.92 bits per heavy atom. The SMILES string of the molecule is Cc1nc2c(Cl)ccnc2n1C. The number of hydrogen-bond donors (Lipinski definition) is 0. The fourth-order valence-corrected chi connectivity index (χ4v) is 1.34. The molecule has 0 spiro atoms. The second-order valence-corrected chi connectivity index (χ2v) is 3.09. The van der Waals surface area contributed by atoms with Gasteiger partial charge in [-0.3, -0.25) is 0 Å². The molecule has 0 N–H and O–H groups in total. The van der Waals surface area contributed by atoms with E-state index in [1.165, 1.54) is 0 Å². The summed E-state index contributed by atoms with van der Waals surface area (Å²) in [5.74, 6) is 0.922. The zero-order chi connectivity index (χ0) is 8.72. The van der Waals surface area contributed by atoms with Crippen LogP contribution in [-0.2, 0) is 7.05 Å². The highest BCUT2D eigenvalue weighted by atomic mass is 35.5. The third kappa shape index (κ3) is 0.898. The summed E-state index contributed by atoms with van der Waals surface area (Å²) < 4.78 is 1.92. The normalized spacial score (nSPS) is 10.9. The van der Waals surface area contributed by atoms with Crippen LogP contribution in [0.4, 0.5) is 0 Å². The first-order chi connectivity index (χ1) is 5.70. The maximum atomic E-state index is 5.93. The number of imidazole rings is 1. The van der Waals surface area contributed by atoms with E-state index in [1.807, 2.05) is 18.5 Å². The highest BCUT2D eigenvalue weighted by molar-refractivity contribution is 6.34. The van der Waals surface area contributed by atoms with Gasteiger partial charge in [0.1, 0.15) is 11.3 Å². The Kier molecular flexibility index (Phi) is 1.54. The van der Waals surface area contributed by atoms with Crippen LogP contribution in [0.3, 0.4) is 0 Å². The van der Waals surface area contributed by atoms with Gasteiger partial charge in [0.15, 0.2) is 5.65 Å². The quantitative estimate of drug-likeness (QED) is 0.622. The Hall–Kier alpha value is -1.09. The molecule has 0 atom stereocenters. The van der Waals surface area contributed by atoms with Crippen molar-refractivity contribution in [2.75, 3.05) is 0 Å². The Labute approximate surface area is 75.0 Å². The van der Waals surface area contributed by atoms with Crippen LogP contribution in [0, 0.1) is 6.92 Å². The summed E-state index contributed by atoms with van der Waals surface area (Å²) in [6.07, 6.45) is 1.69. The van der Waals surface area contributed by atoms with Gasteiger partial charge in [-0.2, -0.15) is 0 Å². The first kappa shape index (κ1) is 7.55. The summed E-state index contributed by atoms with van der Waals surface area (Å²) in [5, 5.41) is 0.656. The molecule has 0 unspecified atom stereocenters. The van der Waals surface area contributed by atoms with E-state index in [0.717, 1.165) is 17.0 Å². The fourth-order valence-electron chi connectivity index (χ4n) is 1.16. The summed E-state index contributed by atoms with van der Waals surface area (Å²) in [5.41, 5.74) is 1.61. The molecular weight excluding hydrogens is 174 g/mol. The third-order valence-electron chi connectivity index (χ3n) is 1.93. The van der Waals surface area contributed by atoms with Crippen molar-refractivity contribution in [1.82, 2.24) is 14.5 Å². The van der Waals surface area contributed by atoms with Gasteiger partial charge in [0, 0.05) is 13.2 Å². The van der Waals surface area contributed by atoms with Crippen LogP contribution in [0.2, 0.25) is 5.02 Å². The average molecular weight is 182 g/mol. The number of aryl methyl sites for hydroxylation is 2. The molecule has 0 fully saturated rings. The molecule has 4 heteroatoms. The molecule has 0 aliphatic heterocycles. The van der Waals surface area contributed by atoms with Gasteiger partial charge < -0.3 is 4.57 Å². The van der Waals surface area contributed by atoms with Gasteiger partial charge in [-0.05, 0) is 13.0 Å². The number of nitrogens with zero attached hydrogens (tertiary/aromatic N) is 3. The highest BCUT2D eigenvalue weighted by Crippen LogP contribution is 2.20. The summed E-state index contributed by atoms with van der Waals surface area (Å²) in [6, 6.07) is 1.75. The van der Waals surface area contributed by atoms with Crippen molar-refractivity contribution in [2.24, 2.45) is 7.05 Å². The second-order valence-electron chi connectivity index (χ2n) is 2.68. The molecule has 3 nitrogen and oxygen atoms in total. The lowest BCUT2D eigenvalue weighted by Gasteiger charge is -1.94. The van der Waals surface area contributed by atoms with E-state index in [-0.39, 0.29) is 0 Å². The van der Waals surface area contributed by atoms with Crippen LogP contribution < -0.4 is 0 Å². The highest BCUT2D eigenvalue weighted by Gasteiger charge is 2.07. The largest absolute Gasteiger partial charge is 0.316 e. The van der Waals surface area contributed by atoms with Crippen molar-refractivity contribution < 1.29 is 0 Å². The second kappa shape index (κ2) is 2.45. The Bertz CT molecular complexity index is 433. The molecular formula is C8H8ClN3. The van der Waals surface area contributed by atoms with E-state index < -0.39 is 0 Å². The molecule has 0 aliphatic carbocycles. The molecule has 0 bridgehead atoms. The van der Waals surface area contributed by atoms with Crippen LogP contribution in [-0.4, -0.2) is 14.5 Å². The molecule has 2 aromatic heterocycles. The minimum atomic E-state index is 0.656. The molecule has 0 saturated heterocycles. The summed E-state index contributed by atoms with van der Waals surface area (Å²) in [6.45, 7) is 1.93. The van der Waals surface area contributed by atoms with Gasteiger partial charge in [-0.1, -0.05) is 11.6 Å². The van der Waals surface area contributed by atoms with E-state index in [0.29, 0.717) is 5.02 Å². The molecule has 0 radical (unpaired) electrons. The molecule has 0 aromatic carbocycles. The maximum absolute atomic E-state index is 5.93. The topological polar surface area (TPSA) is 30.7 Å². The molecule has 12 heavy (non-hydrogen) atoms. The minimum Gasteiger partial charge on any atom is -0.316 e. The zero-order valence-corrected chi connectivity index (χ0v) is 7.63. The first-order valence-electron chi connectivity index (χ1n) is 3.63. The van der Waals surface area contributed by atoms with Crippen LogP contribution in [0.25, 0.3) is 11.2 Å². The van der Waals surface area contributed by atoms with E-state index in [9.17, 15) is 0 Å². The predicted molar refractivity (Wildman–Crippen MR) is 48.3 cm³/mol. The number of rotatable bonds is 0. The van der Waals surface area contributed by atoms with Crippen LogP contribution >= 0.6 is 11.6 Å². The molecule has 2 aromatic rings. The lowest BCUT2D eigenvalue weighted by molar-refractivity contribution is 0.874. The number of aromatic nitrogens is 3. The van der Waals surface area contributed by atoms with Crippen molar-refractivity contribution in [2.45, 2.75) is 6.92 Å². The van der Waals surface area contributed by atoms with Gasteiger partial charge in [-0.25, -0.2) is 9.97 Å². The Morgan fingerprint density at radius 1 is 1.50 bits per heavy atom. The average Bonchev–Trinajstić information content (AvgIpc) is 2.32. The van der Waals surface area contributed by atoms with E-state index in [4.69, 9.17) is 11.6 Å². The zero-order valence-electron chi connectivity index (χ0n) is 6.87. The monoisotopic (exact) mass is 181 g/mol. The lowest BCUT2D eigenvalue weighted by Crippen LogP contribution is -1.91. The maximum Gasteiger partial charge on any atom is 0.161 e. The third-order valence-corrected chi connectivity index (χ3v) is 2.24.